The molecule has 2 heteroatoms. The fourth-order valence-corrected chi connectivity index (χ4v) is 1.10. The highest BCUT2D eigenvalue weighted by molar-refractivity contribution is 5.78. The van der Waals surface area contributed by atoms with Crippen molar-refractivity contribution in [2.45, 2.75) is 53.5 Å². The molecule has 0 aromatic rings. The second-order valence-electron chi connectivity index (χ2n) is 4.23. The Morgan fingerprint density at radius 3 is 2.15 bits per heavy atom. The first kappa shape index (κ1) is 12.5. The van der Waals surface area contributed by atoms with Crippen LogP contribution < -0.4 is 5.32 Å². The Balaban J connectivity index is 3.85. The van der Waals surface area contributed by atoms with Crippen molar-refractivity contribution in [3.8, 4) is 0 Å². The van der Waals surface area contributed by atoms with Gasteiger partial charge in [0.1, 0.15) is 0 Å². The zero-order chi connectivity index (χ0) is 10.4. The summed E-state index contributed by atoms with van der Waals surface area (Å²) in [4.78, 5) is 11.5. The highest BCUT2D eigenvalue weighted by Gasteiger charge is 2.15. The van der Waals surface area contributed by atoms with Gasteiger partial charge in [-0.1, -0.05) is 34.1 Å². The number of nitrogens with one attached hydrogen (secondary N) is 1. The molecule has 0 aliphatic carbocycles. The lowest BCUT2D eigenvalue weighted by Crippen LogP contribution is -2.39. The SMILES string of the molecule is CCCC(C)C(=O)N[C@H](C)C(C)C. The van der Waals surface area contributed by atoms with Crippen LogP contribution in [0.15, 0.2) is 0 Å². The standard InChI is InChI=1S/C11H23NO/c1-6-7-9(4)11(13)12-10(5)8(2)3/h8-10H,6-7H2,1-5H3,(H,12,13)/t9?,10-/m1/s1. The van der Waals surface area contributed by atoms with Gasteiger partial charge in [0.15, 0.2) is 0 Å². The van der Waals surface area contributed by atoms with E-state index in [1.807, 2.05) is 6.92 Å². The second kappa shape index (κ2) is 6.01. The molecule has 0 aromatic heterocycles. The lowest BCUT2D eigenvalue weighted by Gasteiger charge is -2.20. The molecule has 0 aliphatic rings. The minimum atomic E-state index is 0.159. The van der Waals surface area contributed by atoms with E-state index in [0.717, 1.165) is 12.8 Å². The normalized spacial score (nSPS) is 15.5. The molecule has 0 bridgehead atoms. The summed E-state index contributed by atoms with van der Waals surface area (Å²) < 4.78 is 0. The molecule has 0 saturated heterocycles. The predicted octanol–water partition coefficient (Wildman–Crippen LogP) is 2.58. The highest BCUT2D eigenvalue weighted by atomic mass is 16.1. The van der Waals surface area contributed by atoms with Crippen LogP contribution in [0.4, 0.5) is 0 Å². The predicted molar refractivity (Wildman–Crippen MR) is 56.5 cm³/mol. The number of carbonyl (C=O) groups excluding carboxylic acids is 1. The topological polar surface area (TPSA) is 29.1 Å². The number of amides is 1. The van der Waals surface area contributed by atoms with Crippen molar-refractivity contribution in [2.75, 3.05) is 0 Å². The Morgan fingerprint density at radius 1 is 1.23 bits per heavy atom. The Morgan fingerprint density at radius 2 is 1.77 bits per heavy atom. The molecule has 0 heterocycles. The van der Waals surface area contributed by atoms with E-state index in [4.69, 9.17) is 0 Å². The molecule has 13 heavy (non-hydrogen) atoms. The molecule has 0 rings (SSSR count). The fraction of sp³-hybridized carbons (Fsp3) is 0.909. The lowest BCUT2D eigenvalue weighted by atomic mass is 10.0. The second-order valence-corrected chi connectivity index (χ2v) is 4.23. The van der Waals surface area contributed by atoms with Crippen LogP contribution in [0.1, 0.15) is 47.5 Å². The first-order valence-corrected chi connectivity index (χ1v) is 5.29. The van der Waals surface area contributed by atoms with Crippen LogP contribution >= 0.6 is 0 Å². The number of hydrogen-bond acceptors (Lipinski definition) is 1. The molecule has 0 fully saturated rings. The Bertz CT molecular complexity index is 154. The van der Waals surface area contributed by atoms with E-state index in [0.29, 0.717) is 5.92 Å². The zero-order valence-electron chi connectivity index (χ0n) is 9.55. The first-order chi connectivity index (χ1) is 5.99. The van der Waals surface area contributed by atoms with Crippen LogP contribution in [-0.2, 0) is 4.79 Å². The van der Waals surface area contributed by atoms with Gasteiger partial charge in [-0.3, -0.25) is 4.79 Å². The van der Waals surface area contributed by atoms with Crippen LogP contribution in [0, 0.1) is 11.8 Å². The van der Waals surface area contributed by atoms with Gasteiger partial charge < -0.3 is 5.32 Å². The molecular weight excluding hydrogens is 162 g/mol. The van der Waals surface area contributed by atoms with Crippen LogP contribution in [0.3, 0.4) is 0 Å². The largest absolute Gasteiger partial charge is 0.353 e. The monoisotopic (exact) mass is 185 g/mol. The molecule has 1 N–H and O–H groups in total. The van der Waals surface area contributed by atoms with Gasteiger partial charge in [-0.2, -0.15) is 0 Å². The third-order valence-corrected chi connectivity index (χ3v) is 2.54. The Kier molecular flexibility index (Phi) is 5.76. The smallest absolute Gasteiger partial charge is 0.223 e. The van der Waals surface area contributed by atoms with Crippen LogP contribution in [0.25, 0.3) is 0 Å². The van der Waals surface area contributed by atoms with E-state index < -0.39 is 0 Å². The van der Waals surface area contributed by atoms with Gasteiger partial charge in [0.05, 0.1) is 0 Å². The van der Waals surface area contributed by atoms with Crippen molar-refractivity contribution < 1.29 is 4.79 Å². The number of carbonyl (C=O) groups is 1. The lowest BCUT2D eigenvalue weighted by molar-refractivity contribution is -0.125. The van der Waals surface area contributed by atoms with Crippen molar-refractivity contribution in [3.63, 3.8) is 0 Å². The maximum Gasteiger partial charge on any atom is 0.223 e. The van der Waals surface area contributed by atoms with E-state index in [-0.39, 0.29) is 17.9 Å². The van der Waals surface area contributed by atoms with Gasteiger partial charge in [-0.15, -0.1) is 0 Å². The Labute approximate surface area is 82.1 Å². The van der Waals surface area contributed by atoms with Crippen molar-refractivity contribution in [3.05, 3.63) is 0 Å². The summed E-state index contributed by atoms with van der Waals surface area (Å²) in [5.74, 6) is 0.868. The maximum atomic E-state index is 11.5. The molecule has 0 spiro atoms. The molecule has 0 radical (unpaired) electrons. The van der Waals surface area contributed by atoms with Crippen molar-refractivity contribution in [2.24, 2.45) is 11.8 Å². The van der Waals surface area contributed by atoms with Gasteiger partial charge in [0.2, 0.25) is 5.91 Å². The van der Waals surface area contributed by atoms with Gasteiger partial charge in [0, 0.05) is 12.0 Å². The summed E-state index contributed by atoms with van der Waals surface area (Å²) in [6, 6.07) is 0.284. The van der Waals surface area contributed by atoms with Crippen LogP contribution in [0.5, 0.6) is 0 Å². The summed E-state index contributed by atoms with van der Waals surface area (Å²) in [5.41, 5.74) is 0. The highest BCUT2D eigenvalue weighted by Crippen LogP contribution is 2.07. The summed E-state index contributed by atoms with van der Waals surface area (Å²) in [5, 5.41) is 3.02. The van der Waals surface area contributed by atoms with E-state index >= 15 is 0 Å². The average Bonchev–Trinajstić information content (AvgIpc) is 2.04. The summed E-state index contributed by atoms with van der Waals surface area (Å²) >= 11 is 0. The van der Waals surface area contributed by atoms with Crippen LogP contribution in [-0.4, -0.2) is 11.9 Å². The molecule has 0 aliphatic heterocycles. The molecular formula is C11H23NO. The van der Waals surface area contributed by atoms with Gasteiger partial charge in [-0.25, -0.2) is 0 Å². The molecule has 1 unspecified atom stereocenters. The summed E-state index contributed by atoms with van der Waals surface area (Å²) in [6.07, 6.45) is 2.06. The summed E-state index contributed by atoms with van der Waals surface area (Å²) in [7, 11) is 0. The van der Waals surface area contributed by atoms with Gasteiger partial charge >= 0.3 is 0 Å². The quantitative estimate of drug-likeness (QED) is 0.701. The van der Waals surface area contributed by atoms with E-state index in [2.05, 4.69) is 33.0 Å². The van der Waals surface area contributed by atoms with E-state index in [9.17, 15) is 4.79 Å². The minimum absolute atomic E-state index is 0.159. The molecule has 2 atom stereocenters. The summed E-state index contributed by atoms with van der Waals surface area (Å²) in [6.45, 7) is 10.4. The van der Waals surface area contributed by atoms with Gasteiger partial charge in [-0.05, 0) is 19.3 Å². The van der Waals surface area contributed by atoms with Crippen molar-refractivity contribution >= 4 is 5.91 Å². The Hall–Kier alpha value is -0.530. The molecule has 0 saturated carbocycles. The third kappa shape index (κ3) is 4.91. The average molecular weight is 185 g/mol. The molecule has 1 amide bonds. The van der Waals surface area contributed by atoms with Crippen molar-refractivity contribution in [1.82, 2.24) is 5.32 Å². The van der Waals surface area contributed by atoms with E-state index in [1.165, 1.54) is 0 Å². The van der Waals surface area contributed by atoms with E-state index in [1.54, 1.807) is 0 Å². The first-order valence-electron chi connectivity index (χ1n) is 5.29. The molecule has 2 nitrogen and oxygen atoms in total. The molecule has 78 valence electrons. The third-order valence-electron chi connectivity index (χ3n) is 2.54. The van der Waals surface area contributed by atoms with Crippen LogP contribution in [0.2, 0.25) is 0 Å². The van der Waals surface area contributed by atoms with Gasteiger partial charge in [0.25, 0.3) is 0 Å². The molecule has 0 aromatic carbocycles. The maximum absolute atomic E-state index is 11.5. The minimum Gasteiger partial charge on any atom is -0.353 e. The number of rotatable bonds is 5. The zero-order valence-corrected chi connectivity index (χ0v) is 9.55. The van der Waals surface area contributed by atoms with Crippen molar-refractivity contribution in [1.29, 1.82) is 0 Å². The number of hydrogen-bond donors (Lipinski definition) is 1. The fourth-order valence-electron chi connectivity index (χ4n) is 1.10.